The molecule has 0 fully saturated rings. The van der Waals surface area contributed by atoms with Crippen LogP contribution in [0.5, 0.6) is 11.5 Å². The Morgan fingerprint density at radius 2 is 1.80 bits per heavy atom. The SMILES string of the molecule is CN(C)CCOc1ccc(CNC(=O)COc2ccccc2Cl)cc1. The second kappa shape index (κ2) is 9.91. The number of benzene rings is 2. The van der Waals surface area contributed by atoms with Crippen LogP contribution < -0.4 is 14.8 Å². The largest absolute Gasteiger partial charge is 0.492 e. The molecule has 0 saturated carbocycles. The van der Waals surface area contributed by atoms with Gasteiger partial charge in [-0.3, -0.25) is 4.79 Å². The maximum Gasteiger partial charge on any atom is 0.258 e. The summed E-state index contributed by atoms with van der Waals surface area (Å²) >= 11 is 5.98. The molecule has 2 aromatic carbocycles. The van der Waals surface area contributed by atoms with E-state index in [1.54, 1.807) is 18.2 Å². The molecule has 0 aliphatic heterocycles. The van der Waals surface area contributed by atoms with Crippen molar-refractivity contribution in [1.29, 1.82) is 0 Å². The van der Waals surface area contributed by atoms with Crippen molar-refractivity contribution in [2.24, 2.45) is 0 Å². The molecule has 25 heavy (non-hydrogen) atoms. The Morgan fingerprint density at radius 1 is 1.08 bits per heavy atom. The highest BCUT2D eigenvalue weighted by Crippen LogP contribution is 2.22. The van der Waals surface area contributed by atoms with Gasteiger partial charge in [0, 0.05) is 13.1 Å². The lowest BCUT2D eigenvalue weighted by molar-refractivity contribution is -0.123. The molecule has 2 rings (SSSR count). The first-order chi connectivity index (χ1) is 12.0. The van der Waals surface area contributed by atoms with Crippen LogP contribution in [0.3, 0.4) is 0 Å². The first kappa shape index (κ1) is 19.1. The smallest absolute Gasteiger partial charge is 0.258 e. The van der Waals surface area contributed by atoms with E-state index in [4.69, 9.17) is 21.1 Å². The molecule has 0 bridgehead atoms. The zero-order chi connectivity index (χ0) is 18.1. The number of carbonyl (C=O) groups excluding carboxylic acids is 1. The summed E-state index contributed by atoms with van der Waals surface area (Å²) in [7, 11) is 4.01. The van der Waals surface area contributed by atoms with Gasteiger partial charge >= 0.3 is 0 Å². The van der Waals surface area contributed by atoms with Crippen molar-refractivity contribution >= 4 is 17.5 Å². The lowest BCUT2D eigenvalue weighted by atomic mass is 10.2. The Kier molecular flexibility index (Phi) is 7.57. The molecular weight excluding hydrogens is 340 g/mol. The molecule has 0 aromatic heterocycles. The standard InChI is InChI=1S/C19H23ClN2O3/c1-22(2)11-12-24-16-9-7-15(8-10-16)13-21-19(23)14-25-18-6-4-3-5-17(18)20/h3-10H,11-14H2,1-2H3,(H,21,23). The fourth-order valence-electron chi connectivity index (χ4n) is 2.01. The first-order valence-electron chi connectivity index (χ1n) is 8.05. The molecule has 6 heteroatoms. The van der Waals surface area contributed by atoms with E-state index in [1.807, 2.05) is 44.4 Å². The molecule has 0 aliphatic carbocycles. The van der Waals surface area contributed by atoms with Gasteiger partial charge < -0.3 is 19.7 Å². The van der Waals surface area contributed by atoms with Gasteiger partial charge in [-0.05, 0) is 43.9 Å². The Hall–Kier alpha value is -2.24. The summed E-state index contributed by atoms with van der Waals surface area (Å²) in [6, 6.07) is 14.7. The predicted molar refractivity (Wildman–Crippen MR) is 99.3 cm³/mol. The third kappa shape index (κ3) is 7.03. The number of nitrogens with zero attached hydrogens (tertiary/aromatic N) is 1. The average molecular weight is 363 g/mol. The van der Waals surface area contributed by atoms with Crippen LogP contribution in [0.4, 0.5) is 0 Å². The van der Waals surface area contributed by atoms with E-state index < -0.39 is 0 Å². The summed E-state index contributed by atoms with van der Waals surface area (Å²) in [5.74, 6) is 1.11. The van der Waals surface area contributed by atoms with Crippen molar-refractivity contribution in [1.82, 2.24) is 10.2 Å². The number of amides is 1. The molecule has 0 unspecified atom stereocenters. The molecule has 0 heterocycles. The third-order valence-electron chi connectivity index (χ3n) is 3.42. The summed E-state index contributed by atoms with van der Waals surface area (Å²) in [5.41, 5.74) is 0.992. The van der Waals surface area contributed by atoms with Crippen molar-refractivity contribution in [3.05, 3.63) is 59.1 Å². The quantitative estimate of drug-likeness (QED) is 0.745. The lowest BCUT2D eigenvalue weighted by Crippen LogP contribution is -2.28. The normalized spacial score (nSPS) is 10.6. The molecule has 134 valence electrons. The lowest BCUT2D eigenvalue weighted by Gasteiger charge is -2.11. The molecular formula is C19H23ClN2O3. The number of ether oxygens (including phenoxy) is 2. The van der Waals surface area contributed by atoms with Gasteiger partial charge in [-0.1, -0.05) is 35.9 Å². The van der Waals surface area contributed by atoms with Crippen LogP contribution >= 0.6 is 11.6 Å². The number of rotatable bonds is 9. The van der Waals surface area contributed by atoms with Crippen LogP contribution in [0.2, 0.25) is 5.02 Å². The van der Waals surface area contributed by atoms with Crippen molar-refractivity contribution in [3.63, 3.8) is 0 Å². The second-order valence-electron chi connectivity index (χ2n) is 5.79. The topological polar surface area (TPSA) is 50.8 Å². The molecule has 0 saturated heterocycles. The Morgan fingerprint density at radius 3 is 2.48 bits per heavy atom. The summed E-state index contributed by atoms with van der Waals surface area (Å²) in [5, 5.41) is 3.30. The minimum absolute atomic E-state index is 0.0739. The number of hydrogen-bond donors (Lipinski definition) is 1. The van der Waals surface area contributed by atoms with E-state index in [-0.39, 0.29) is 12.5 Å². The number of para-hydroxylation sites is 1. The highest BCUT2D eigenvalue weighted by molar-refractivity contribution is 6.32. The van der Waals surface area contributed by atoms with E-state index in [9.17, 15) is 4.79 Å². The minimum atomic E-state index is -0.203. The Bertz CT molecular complexity index is 675. The summed E-state index contributed by atoms with van der Waals surface area (Å²) in [6.07, 6.45) is 0. The van der Waals surface area contributed by atoms with Crippen LogP contribution in [-0.2, 0) is 11.3 Å². The van der Waals surface area contributed by atoms with E-state index >= 15 is 0 Å². The second-order valence-corrected chi connectivity index (χ2v) is 6.20. The van der Waals surface area contributed by atoms with Gasteiger partial charge in [0.2, 0.25) is 0 Å². The predicted octanol–water partition coefficient (Wildman–Crippen LogP) is 2.98. The molecule has 1 amide bonds. The van der Waals surface area contributed by atoms with Gasteiger partial charge in [0.05, 0.1) is 5.02 Å². The van der Waals surface area contributed by atoms with E-state index in [1.165, 1.54) is 0 Å². The molecule has 2 aromatic rings. The number of halogens is 1. The summed E-state index contributed by atoms with van der Waals surface area (Å²) in [6.45, 7) is 1.86. The highest BCUT2D eigenvalue weighted by Gasteiger charge is 2.05. The van der Waals surface area contributed by atoms with E-state index in [0.29, 0.717) is 23.9 Å². The van der Waals surface area contributed by atoms with E-state index in [2.05, 4.69) is 10.2 Å². The van der Waals surface area contributed by atoms with Gasteiger partial charge in [0.15, 0.2) is 6.61 Å². The number of hydrogen-bond acceptors (Lipinski definition) is 4. The van der Waals surface area contributed by atoms with Crippen LogP contribution in [-0.4, -0.2) is 44.7 Å². The fourth-order valence-corrected chi connectivity index (χ4v) is 2.20. The maximum absolute atomic E-state index is 11.9. The van der Waals surface area contributed by atoms with Crippen LogP contribution in [0.1, 0.15) is 5.56 Å². The molecule has 5 nitrogen and oxygen atoms in total. The van der Waals surface area contributed by atoms with Gasteiger partial charge in [-0.25, -0.2) is 0 Å². The molecule has 0 atom stereocenters. The Balaban J connectivity index is 1.71. The fraction of sp³-hybridized carbons (Fsp3) is 0.316. The zero-order valence-electron chi connectivity index (χ0n) is 14.5. The number of nitrogens with one attached hydrogen (secondary N) is 1. The third-order valence-corrected chi connectivity index (χ3v) is 3.73. The highest BCUT2D eigenvalue weighted by atomic mass is 35.5. The Labute approximate surface area is 153 Å². The number of likely N-dealkylation sites (N-methyl/N-ethyl adjacent to an activating group) is 1. The van der Waals surface area contributed by atoms with Gasteiger partial charge in [0.1, 0.15) is 18.1 Å². The van der Waals surface area contributed by atoms with Crippen LogP contribution in [0.25, 0.3) is 0 Å². The molecule has 0 aliphatic rings. The van der Waals surface area contributed by atoms with Crippen molar-refractivity contribution in [2.75, 3.05) is 33.9 Å². The van der Waals surface area contributed by atoms with Crippen molar-refractivity contribution < 1.29 is 14.3 Å². The molecule has 0 radical (unpaired) electrons. The summed E-state index contributed by atoms with van der Waals surface area (Å²) in [4.78, 5) is 13.9. The maximum atomic E-state index is 11.9. The van der Waals surface area contributed by atoms with Crippen LogP contribution in [0, 0.1) is 0 Å². The van der Waals surface area contributed by atoms with Crippen molar-refractivity contribution in [2.45, 2.75) is 6.54 Å². The zero-order valence-corrected chi connectivity index (χ0v) is 15.3. The van der Waals surface area contributed by atoms with Crippen LogP contribution in [0.15, 0.2) is 48.5 Å². The number of carbonyl (C=O) groups is 1. The average Bonchev–Trinajstić information content (AvgIpc) is 2.60. The monoisotopic (exact) mass is 362 g/mol. The van der Waals surface area contributed by atoms with Gasteiger partial charge in [0.25, 0.3) is 5.91 Å². The van der Waals surface area contributed by atoms with E-state index in [0.717, 1.165) is 17.9 Å². The molecule has 1 N–H and O–H groups in total. The van der Waals surface area contributed by atoms with Crippen molar-refractivity contribution in [3.8, 4) is 11.5 Å². The summed E-state index contributed by atoms with van der Waals surface area (Å²) < 4.78 is 11.0. The van der Waals surface area contributed by atoms with Gasteiger partial charge in [-0.2, -0.15) is 0 Å². The molecule has 0 spiro atoms. The first-order valence-corrected chi connectivity index (χ1v) is 8.43. The van der Waals surface area contributed by atoms with Gasteiger partial charge in [-0.15, -0.1) is 0 Å². The minimum Gasteiger partial charge on any atom is -0.492 e.